The molecule has 4 rings (SSSR count). The monoisotopic (exact) mass is 674 g/mol. The van der Waals surface area contributed by atoms with Gasteiger partial charge in [-0.25, -0.2) is 24.5 Å². The third-order valence-electron chi connectivity index (χ3n) is 7.39. The van der Waals surface area contributed by atoms with Gasteiger partial charge in [-0.3, -0.25) is 14.5 Å². The second kappa shape index (κ2) is 18.4. The third kappa shape index (κ3) is 9.48. The number of aliphatic hydroxyl groups is 1. The van der Waals surface area contributed by atoms with Gasteiger partial charge in [0.2, 0.25) is 0 Å². The van der Waals surface area contributed by atoms with E-state index < -0.39 is 20.3 Å². The highest BCUT2D eigenvalue weighted by molar-refractivity contribution is 7.44. The lowest BCUT2D eigenvalue weighted by Crippen LogP contribution is -2.38. The number of imide groups is 1. The van der Waals surface area contributed by atoms with E-state index in [1.807, 2.05) is 4.57 Å². The first-order chi connectivity index (χ1) is 23.3. The zero-order valence-corrected chi connectivity index (χ0v) is 28.7. The van der Waals surface area contributed by atoms with Gasteiger partial charge in [-0.1, -0.05) is 36.4 Å². The van der Waals surface area contributed by atoms with Crippen LogP contribution in [-0.4, -0.2) is 97.5 Å². The van der Waals surface area contributed by atoms with Crippen molar-refractivity contribution in [2.45, 2.75) is 52.7 Å². The van der Waals surface area contributed by atoms with Crippen molar-refractivity contribution in [2.24, 2.45) is 0 Å². The van der Waals surface area contributed by atoms with Crippen molar-refractivity contribution in [3.8, 4) is 6.07 Å². The first-order valence-corrected chi connectivity index (χ1v) is 17.1. The first-order valence-electron chi connectivity index (χ1n) is 16.0. The van der Waals surface area contributed by atoms with Gasteiger partial charge in [0.1, 0.15) is 6.33 Å². The van der Waals surface area contributed by atoms with Gasteiger partial charge in [-0.05, 0) is 52.0 Å². The summed E-state index contributed by atoms with van der Waals surface area (Å²) in [7, 11) is -1.38. The van der Waals surface area contributed by atoms with Gasteiger partial charge < -0.3 is 18.7 Å². The zero-order valence-electron chi connectivity index (χ0n) is 27.8. The molecule has 48 heavy (non-hydrogen) atoms. The number of carbonyl (C=O) groups is 2. The van der Waals surface area contributed by atoms with Gasteiger partial charge in [0.05, 0.1) is 38.6 Å². The van der Waals surface area contributed by atoms with Crippen molar-refractivity contribution >= 4 is 37.3 Å². The number of hydrogen-bond acceptors (Lipinski definition) is 11. The Balaban J connectivity index is 1.52. The molecule has 254 valence electrons. The number of rotatable bonds is 18. The standard InChI is InChI=1S/C34H43N8O5P/c1-26(2)42(27(3)4)48(46-22-11-16-35)47-23-20-39(19-21-43)17-18-40-25-38-30-31(40)36-24-37-32(30)41(33(44)28-12-7-5-8-13-28)34(45)29-14-9-6-10-15-29/h5-10,12-15,24-27,43H,11,17-23H2,1-4H3. The predicted octanol–water partition coefficient (Wildman–Crippen LogP) is 4.90. The Morgan fingerprint density at radius 1 is 0.875 bits per heavy atom. The molecule has 0 saturated carbocycles. The maximum Gasteiger partial charge on any atom is 0.266 e. The number of aliphatic hydroxyl groups excluding tert-OH is 1. The van der Waals surface area contributed by atoms with Gasteiger partial charge in [-0.2, -0.15) is 5.26 Å². The average molecular weight is 675 g/mol. The molecule has 0 saturated heterocycles. The second-order valence-corrected chi connectivity index (χ2v) is 12.9. The van der Waals surface area contributed by atoms with E-state index in [1.54, 1.807) is 67.0 Å². The highest BCUT2D eigenvalue weighted by Gasteiger charge is 2.30. The summed E-state index contributed by atoms with van der Waals surface area (Å²) in [5.41, 5.74) is 1.44. The summed E-state index contributed by atoms with van der Waals surface area (Å²) >= 11 is 0. The molecular formula is C34H43N8O5P. The van der Waals surface area contributed by atoms with Gasteiger partial charge in [-0.15, -0.1) is 0 Å². The SMILES string of the molecule is CC(C)N(C(C)C)P(OCCC#N)OCCN(CCO)CCn1cnc2c(N(C(=O)c3ccccc3)C(=O)c3ccccc3)ncnc21. The number of imidazole rings is 1. The summed E-state index contributed by atoms with van der Waals surface area (Å²) in [6.45, 7) is 10.9. The molecule has 0 spiro atoms. The van der Waals surface area contributed by atoms with Crippen LogP contribution < -0.4 is 4.90 Å². The highest BCUT2D eigenvalue weighted by atomic mass is 31.2. The van der Waals surface area contributed by atoms with E-state index in [9.17, 15) is 14.7 Å². The molecule has 4 aromatic rings. The van der Waals surface area contributed by atoms with Crippen LogP contribution in [0.25, 0.3) is 11.2 Å². The average Bonchev–Trinajstić information content (AvgIpc) is 3.51. The Bertz CT molecular complexity index is 1590. The van der Waals surface area contributed by atoms with Gasteiger partial charge in [0.25, 0.3) is 20.3 Å². The van der Waals surface area contributed by atoms with Crippen LogP contribution >= 0.6 is 8.53 Å². The summed E-state index contributed by atoms with van der Waals surface area (Å²) in [4.78, 5) is 44.0. The van der Waals surface area contributed by atoms with Crippen LogP contribution in [0.1, 0.15) is 54.8 Å². The minimum absolute atomic E-state index is 0.0350. The van der Waals surface area contributed by atoms with Crippen molar-refractivity contribution in [3.05, 3.63) is 84.4 Å². The molecule has 0 aliphatic carbocycles. The number of carbonyl (C=O) groups excluding carboxylic acids is 2. The summed E-state index contributed by atoms with van der Waals surface area (Å²) in [6, 6.07) is 19.6. The van der Waals surface area contributed by atoms with Gasteiger partial charge in [0.15, 0.2) is 17.0 Å². The van der Waals surface area contributed by atoms with Crippen molar-refractivity contribution in [3.63, 3.8) is 0 Å². The van der Waals surface area contributed by atoms with Crippen LogP contribution in [0, 0.1) is 11.3 Å². The summed E-state index contributed by atoms with van der Waals surface area (Å²) in [5.74, 6) is -0.969. The number of nitriles is 1. The lowest BCUT2D eigenvalue weighted by atomic mass is 10.1. The summed E-state index contributed by atoms with van der Waals surface area (Å²) in [6.07, 6.45) is 3.22. The molecule has 1 unspecified atom stereocenters. The molecule has 13 nitrogen and oxygen atoms in total. The van der Waals surface area contributed by atoms with Crippen LogP contribution in [0.15, 0.2) is 73.3 Å². The normalized spacial score (nSPS) is 12.2. The second-order valence-electron chi connectivity index (χ2n) is 11.4. The Morgan fingerprint density at radius 3 is 2.04 bits per heavy atom. The number of amides is 2. The van der Waals surface area contributed by atoms with E-state index in [-0.39, 0.29) is 30.9 Å². The largest absolute Gasteiger partial charge is 0.395 e. The van der Waals surface area contributed by atoms with Crippen LogP contribution in [0.4, 0.5) is 5.82 Å². The quantitative estimate of drug-likeness (QED) is 0.0872. The van der Waals surface area contributed by atoms with E-state index in [0.29, 0.717) is 61.7 Å². The Hall–Kier alpha value is -4.15. The highest BCUT2D eigenvalue weighted by Crippen LogP contribution is 2.45. The number of aromatic nitrogens is 4. The Morgan fingerprint density at radius 2 is 1.48 bits per heavy atom. The first kappa shape index (κ1) is 36.7. The summed E-state index contributed by atoms with van der Waals surface area (Å²) < 4.78 is 16.2. The molecular weight excluding hydrogens is 631 g/mol. The zero-order chi connectivity index (χ0) is 34.5. The lowest BCUT2D eigenvalue weighted by molar-refractivity contribution is 0.0896. The maximum absolute atomic E-state index is 13.8. The molecule has 0 aliphatic heterocycles. The van der Waals surface area contributed by atoms with Crippen LogP contribution in [-0.2, 0) is 15.6 Å². The molecule has 1 atom stereocenters. The van der Waals surface area contributed by atoms with E-state index in [1.165, 1.54) is 6.33 Å². The van der Waals surface area contributed by atoms with Crippen molar-refractivity contribution in [1.29, 1.82) is 5.26 Å². The molecule has 2 amide bonds. The van der Waals surface area contributed by atoms with E-state index in [2.05, 4.69) is 58.3 Å². The van der Waals surface area contributed by atoms with Gasteiger partial charge >= 0.3 is 0 Å². The minimum Gasteiger partial charge on any atom is -0.395 e. The fraction of sp³-hybridized carbons (Fsp3) is 0.412. The minimum atomic E-state index is -1.38. The number of hydrogen-bond donors (Lipinski definition) is 1. The molecule has 0 aliphatic rings. The third-order valence-corrected chi connectivity index (χ3v) is 9.49. The maximum atomic E-state index is 13.8. The Labute approximate surface area is 282 Å². The smallest absolute Gasteiger partial charge is 0.266 e. The molecule has 14 heteroatoms. The van der Waals surface area contributed by atoms with E-state index >= 15 is 0 Å². The molecule has 0 radical (unpaired) electrons. The molecule has 2 aromatic carbocycles. The fourth-order valence-corrected chi connectivity index (χ4v) is 6.77. The topological polar surface area (TPSA) is 150 Å². The predicted molar refractivity (Wildman–Crippen MR) is 184 cm³/mol. The summed E-state index contributed by atoms with van der Waals surface area (Å²) in [5, 5.41) is 18.8. The van der Waals surface area contributed by atoms with Crippen molar-refractivity contribution in [1.82, 2.24) is 29.1 Å². The number of nitrogens with zero attached hydrogens (tertiary/aromatic N) is 8. The Kier molecular flexibility index (Phi) is 14.1. The molecule has 0 fully saturated rings. The number of anilines is 1. The lowest BCUT2D eigenvalue weighted by Gasteiger charge is -2.36. The molecule has 2 aromatic heterocycles. The molecule has 2 heterocycles. The van der Waals surface area contributed by atoms with Crippen molar-refractivity contribution in [2.75, 3.05) is 44.4 Å². The molecule has 0 bridgehead atoms. The van der Waals surface area contributed by atoms with E-state index in [0.717, 1.165) is 4.90 Å². The number of fused-ring (bicyclic) bond motifs is 1. The fourth-order valence-electron chi connectivity index (χ4n) is 5.19. The van der Waals surface area contributed by atoms with Crippen LogP contribution in [0.3, 0.4) is 0 Å². The van der Waals surface area contributed by atoms with E-state index in [4.69, 9.17) is 14.3 Å². The molecule has 1 N–H and O–H groups in total. The number of benzene rings is 2. The van der Waals surface area contributed by atoms with Gasteiger partial charge in [0, 0.05) is 49.4 Å². The van der Waals surface area contributed by atoms with Crippen LogP contribution in [0.2, 0.25) is 0 Å². The van der Waals surface area contributed by atoms with Crippen LogP contribution in [0.5, 0.6) is 0 Å². The van der Waals surface area contributed by atoms with Crippen molar-refractivity contribution < 1.29 is 23.7 Å².